The Bertz CT molecular complexity index is 1100. The predicted octanol–water partition coefficient (Wildman–Crippen LogP) is 0.590. The van der Waals surface area contributed by atoms with Crippen molar-refractivity contribution in [3.05, 3.63) is 29.8 Å². The quantitative estimate of drug-likeness (QED) is 0.299. The number of halogens is 3. The van der Waals surface area contributed by atoms with Crippen LogP contribution >= 0.6 is 0 Å². The molecular formula is C21H27F3N4O7S. The molecule has 2 rings (SSSR count). The monoisotopic (exact) mass is 536 g/mol. The van der Waals surface area contributed by atoms with Crippen molar-refractivity contribution in [2.75, 3.05) is 13.1 Å². The molecule has 0 bridgehead atoms. The van der Waals surface area contributed by atoms with Crippen LogP contribution in [0.25, 0.3) is 0 Å². The molecule has 1 saturated heterocycles. The lowest BCUT2D eigenvalue weighted by Crippen LogP contribution is -2.57. The fourth-order valence-electron chi connectivity index (χ4n) is 3.70. The Morgan fingerprint density at radius 1 is 1.14 bits per heavy atom. The van der Waals surface area contributed by atoms with Gasteiger partial charge >= 0.3 is 12.1 Å². The molecule has 15 heteroatoms. The number of rotatable bonds is 11. The number of likely N-dealkylation sites (tertiary alicyclic amines) is 1. The minimum Gasteiger partial charge on any atom is -0.481 e. The number of alkyl halides is 3. The number of nitrogens with one attached hydrogen (secondary N) is 2. The summed E-state index contributed by atoms with van der Waals surface area (Å²) < 4.78 is 66.8. The minimum atomic E-state index is -4.75. The second-order valence-corrected chi connectivity index (χ2v) is 9.94. The number of benzene rings is 1. The third kappa shape index (κ3) is 8.48. The lowest BCUT2D eigenvalue weighted by molar-refractivity contribution is -0.145. The van der Waals surface area contributed by atoms with Gasteiger partial charge in [0.25, 0.3) is 0 Å². The number of hydrogen-bond donors (Lipinski definition) is 4. The molecule has 1 aliphatic rings. The van der Waals surface area contributed by atoms with Crippen LogP contribution in [0.2, 0.25) is 0 Å². The fourth-order valence-corrected chi connectivity index (χ4v) is 5.02. The van der Waals surface area contributed by atoms with Crippen molar-refractivity contribution < 1.29 is 45.9 Å². The maximum Gasteiger partial charge on any atom is 0.416 e. The zero-order chi connectivity index (χ0) is 27.1. The average molecular weight is 537 g/mol. The molecule has 11 nitrogen and oxygen atoms in total. The first-order chi connectivity index (χ1) is 16.7. The van der Waals surface area contributed by atoms with E-state index >= 15 is 0 Å². The largest absolute Gasteiger partial charge is 0.481 e. The van der Waals surface area contributed by atoms with Gasteiger partial charge in [0, 0.05) is 32.0 Å². The summed E-state index contributed by atoms with van der Waals surface area (Å²) in [7, 11) is -4.40. The van der Waals surface area contributed by atoms with Crippen molar-refractivity contribution in [3.63, 3.8) is 0 Å². The number of amides is 3. The number of primary amides is 1. The van der Waals surface area contributed by atoms with Gasteiger partial charge in [0.2, 0.25) is 27.7 Å². The second kappa shape index (κ2) is 12.2. The summed E-state index contributed by atoms with van der Waals surface area (Å²) in [4.78, 5) is 47.6. The fraction of sp³-hybridized carbons (Fsp3) is 0.524. The highest BCUT2D eigenvalue weighted by Gasteiger charge is 2.38. The molecule has 1 aliphatic heterocycles. The van der Waals surface area contributed by atoms with E-state index in [-0.39, 0.29) is 45.2 Å². The molecule has 0 aromatic heterocycles. The molecule has 0 saturated carbocycles. The number of hydrogen-bond acceptors (Lipinski definition) is 6. The van der Waals surface area contributed by atoms with E-state index in [1.807, 2.05) is 0 Å². The van der Waals surface area contributed by atoms with Crippen LogP contribution in [0.3, 0.4) is 0 Å². The van der Waals surface area contributed by atoms with E-state index in [0.29, 0.717) is 6.07 Å². The normalized spacial score (nSPS) is 18.5. The van der Waals surface area contributed by atoms with E-state index in [0.717, 1.165) is 23.1 Å². The topological polar surface area (TPSA) is 176 Å². The number of carbonyl (C=O) groups is 4. The first-order valence-electron chi connectivity index (χ1n) is 11.0. The molecule has 0 spiro atoms. The van der Waals surface area contributed by atoms with Crippen LogP contribution in [0.1, 0.15) is 44.1 Å². The van der Waals surface area contributed by atoms with Crippen LogP contribution in [0.5, 0.6) is 0 Å². The SMILES string of the molecule is NC(=O)CCCNC(=O)[C@@H]1C[C@@H](NS(=O)(=O)c2cccc(C(F)(F)F)c2)CCN1C(=O)CCC(=O)O. The van der Waals surface area contributed by atoms with Gasteiger partial charge in [0.05, 0.1) is 16.9 Å². The molecule has 1 aromatic rings. The summed E-state index contributed by atoms with van der Waals surface area (Å²) in [5.74, 6) is -3.05. The molecule has 1 heterocycles. The number of carboxylic acid groups (broad SMARTS) is 1. The highest BCUT2D eigenvalue weighted by molar-refractivity contribution is 7.89. The number of piperidine rings is 1. The van der Waals surface area contributed by atoms with Gasteiger partial charge in [-0.25, -0.2) is 13.1 Å². The number of nitrogens with zero attached hydrogens (tertiary/aromatic N) is 1. The van der Waals surface area contributed by atoms with Crippen LogP contribution in [0.4, 0.5) is 13.2 Å². The molecule has 0 unspecified atom stereocenters. The summed E-state index contributed by atoms with van der Waals surface area (Å²) in [6, 6.07) is 1.14. The van der Waals surface area contributed by atoms with Gasteiger partial charge in [0.15, 0.2) is 0 Å². The molecule has 0 aliphatic carbocycles. The molecular weight excluding hydrogens is 509 g/mol. The van der Waals surface area contributed by atoms with E-state index in [2.05, 4.69) is 10.0 Å². The van der Waals surface area contributed by atoms with Gasteiger partial charge in [-0.3, -0.25) is 19.2 Å². The Balaban J connectivity index is 2.17. The van der Waals surface area contributed by atoms with E-state index < -0.39 is 68.9 Å². The highest BCUT2D eigenvalue weighted by Crippen LogP contribution is 2.30. The molecule has 0 radical (unpaired) electrons. The maximum absolute atomic E-state index is 13.0. The van der Waals surface area contributed by atoms with Crippen LogP contribution in [-0.4, -0.2) is 67.3 Å². The lowest BCUT2D eigenvalue weighted by atomic mass is 9.96. The number of carbonyl (C=O) groups excluding carboxylic acids is 3. The van der Waals surface area contributed by atoms with Crippen molar-refractivity contribution in [2.45, 2.75) is 61.7 Å². The van der Waals surface area contributed by atoms with Gasteiger partial charge < -0.3 is 21.1 Å². The van der Waals surface area contributed by atoms with E-state index in [1.165, 1.54) is 0 Å². The van der Waals surface area contributed by atoms with Gasteiger partial charge in [0.1, 0.15) is 6.04 Å². The molecule has 36 heavy (non-hydrogen) atoms. The zero-order valence-corrected chi connectivity index (χ0v) is 19.9. The third-order valence-corrected chi connectivity index (χ3v) is 6.99. The van der Waals surface area contributed by atoms with Gasteiger partial charge in [-0.05, 0) is 37.5 Å². The molecule has 1 fully saturated rings. The Kier molecular flexibility index (Phi) is 9.81. The van der Waals surface area contributed by atoms with Crippen molar-refractivity contribution in [3.8, 4) is 0 Å². The summed E-state index contributed by atoms with van der Waals surface area (Å²) >= 11 is 0. The Hall–Kier alpha value is -3.20. The number of sulfonamides is 1. The first kappa shape index (κ1) is 29.0. The van der Waals surface area contributed by atoms with E-state index in [9.17, 15) is 40.8 Å². The minimum absolute atomic E-state index is 0.00557. The second-order valence-electron chi connectivity index (χ2n) is 8.23. The van der Waals surface area contributed by atoms with Crippen molar-refractivity contribution in [1.29, 1.82) is 0 Å². The highest BCUT2D eigenvalue weighted by atomic mass is 32.2. The van der Waals surface area contributed by atoms with Crippen LogP contribution in [-0.2, 0) is 35.4 Å². The zero-order valence-electron chi connectivity index (χ0n) is 19.1. The molecule has 1 aromatic carbocycles. The van der Waals surface area contributed by atoms with Crippen molar-refractivity contribution >= 4 is 33.7 Å². The Morgan fingerprint density at radius 2 is 1.83 bits per heavy atom. The van der Waals surface area contributed by atoms with Crippen molar-refractivity contribution in [2.24, 2.45) is 5.73 Å². The molecule has 200 valence electrons. The Labute approximate surface area is 205 Å². The Morgan fingerprint density at radius 3 is 2.44 bits per heavy atom. The number of carboxylic acids is 1. The maximum atomic E-state index is 13.0. The molecule has 2 atom stereocenters. The third-order valence-electron chi connectivity index (χ3n) is 5.47. The summed E-state index contributed by atoms with van der Waals surface area (Å²) in [6.45, 7) is -0.0380. The van der Waals surface area contributed by atoms with Crippen LogP contribution in [0.15, 0.2) is 29.2 Å². The average Bonchev–Trinajstić information content (AvgIpc) is 2.79. The van der Waals surface area contributed by atoms with Gasteiger partial charge in [-0.15, -0.1) is 0 Å². The number of aliphatic carboxylic acids is 1. The van der Waals surface area contributed by atoms with E-state index in [1.54, 1.807) is 0 Å². The first-order valence-corrected chi connectivity index (χ1v) is 12.5. The summed E-state index contributed by atoms with van der Waals surface area (Å²) in [6.07, 6.45) is -5.50. The molecule has 5 N–H and O–H groups in total. The van der Waals surface area contributed by atoms with Crippen molar-refractivity contribution in [1.82, 2.24) is 14.9 Å². The van der Waals surface area contributed by atoms with Gasteiger partial charge in [-0.1, -0.05) is 6.07 Å². The van der Waals surface area contributed by atoms with E-state index in [4.69, 9.17) is 10.8 Å². The molecule has 3 amide bonds. The van der Waals surface area contributed by atoms with Crippen LogP contribution in [0, 0.1) is 0 Å². The smallest absolute Gasteiger partial charge is 0.416 e. The summed E-state index contributed by atoms with van der Waals surface area (Å²) in [5.41, 5.74) is 3.91. The van der Waals surface area contributed by atoms with Gasteiger partial charge in [-0.2, -0.15) is 13.2 Å². The lowest BCUT2D eigenvalue weighted by Gasteiger charge is -2.38. The van der Waals surface area contributed by atoms with Crippen LogP contribution < -0.4 is 15.8 Å². The summed E-state index contributed by atoms with van der Waals surface area (Å²) in [5, 5.41) is 11.4. The number of nitrogens with two attached hydrogens (primary N) is 1. The standard InChI is InChI=1S/C21H27F3N4O7S/c22-21(23,24)13-3-1-4-15(11-13)36(34,35)27-14-8-10-28(18(30)6-7-19(31)32)16(12-14)20(33)26-9-2-5-17(25)29/h1,3-4,11,14,16,27H,2,5-10,12H2,(H2,25,29)(H,26,33)(H,31,32)/t14-,16-/m0/s1. The predicted molar refractivity (Wildman–Crippen MR) is 119 cm³/mol.